The van der Waals surface area contributed by atoms with Crippen molar-refractivity contribution in [2.75, 3.05) is 6.79 Å². The predicted octanol–water partition coefficient (Wildman–Crippen LogP) is 3.47. The van der Waals surface area contributed by atoms with E-state index in [1.165, 1.54) is 0 Å². The summed E-state index contributed by atoms with van der Waals surface area (Å²) in [5, 5.41) is 4.26. The molecule has 0 aliphatic carbocycles. The molecule has 1 aliphatic heterocycles. The number of nitrogens with zero attached hydrogens (tertiary/aromatic N) is 3. The van der Waals surface area contributed by atoms with Crippen molar-refractivity contribution in [2.45, 2.75) is 26.9 Å². The molecule has 0 unspecified atom stereocenters. The van der Waals surface area contributed by atoms with Gasteiger partial charge in [0.05, 0.1) is 6.20 Å². The van der Waals surface area contributed by atoms with Crippen LogP contribution < -0.4 is 9.47 Å². The predicted molar refractivity (Wildman–Crippen MR) is 98.4 cm³/mol. The average Bonchev–Trinajstić information content (AvgIpc) is 3.33. The molecule has 0 bridgehead atoms. The molecule has 4 rings (SSSR count). The molecule has 0 saturated heterocycles. The van der Waals surface area contributed by atoms with Gasteiger partial charge < -0.3 is 18.8 Å². The Morgan fingerprint density at radius 3 is 2.59 bits per heavy atom. The van der Waals surface area contributed by atoms with Gasteiger partial charge in [0.2, 0.25) is 6.79 Å². The summed E-state index contributed by atoms with van der Waals surface area (Å²) in [6.45, 7) is 6.02. The molecule has 0 spiro atoms. The molecule has 2 aromatic heterocycles. The first-order chi connectivity index (χ1) is 13.0. The van der Waals surface area contributed by atoms with Crippen molar-refractivity contribution >= 4 is 5.97 Å². The molecule has 3 aromatic rings. The summed E-state index contributed by atoms with van der Waals surface area (Å²) in [6, 6.07) is 9.55. The Morgan fingerprint density at radius 1 is 1.15 bits per heavy atom. The summed E-state index contributed by atoms with van der Waals surface area (Å²) < 4.78 is 20.1. The second-order valence-corrected chi connectivity index (χ2v) is 6.62. The summed E-state index contributed by atoms with van der Waals surface area (Å²) in [4.78, 5) is 12.9. The van der Waals surface area contributed by atoms with Gasteiger partial charge in [0.25, 0.3) is 0 Å². The number of aromatic nitrogens is 3. The quantitative estimate of drug-likeness (QED) is 0.661. The number of aryl methyl sites for hydroxylation is 3. The van der Waals surface area contributed by atoms with Gasteiger partial charge in [-0.25, -0.2) is 4.79 Å². The summed E-state index contributed by atoms with van der Waals surface area (Å²) in [6.07, 6.45) is 1.11. The minimum absolute atomic E-state index is 0.210. The third-order valence-corrected chi connectivity index (χ3v) is 4.76. The van der Waals surface area contributed by atoms with Gasteiger partial charge in [-0.1, -0.05) is 6.07 Å². The minimum Gasteiger partial charge on any atom is -0.454 e. The van der Waals surface area contributed by atoms with Crippen molar-refractivity contribution < 1.29 is 19.0 Å². The number of fused-ring (bicyclic) bond motifs is 1. The topological polar surface area (TPSA) is 67.5 Å². The maximum atomic E-state index is 12.9. The fourth-order valence-corrected chi connectivity index (χ4v) is 3.30. The molecule has 1 aliphatic rings. The smallest absolute Gasteiger partial charge is 0.344 e. The Kier molecular flexibility index (Phi) is 4.14. The number of esters is 1. The third-order valence-electron chi connectivity index (χ3n) is 4.76. The van der Waals surface area contributed by atoms with Crippen LogP contribution in [0.25, 0.3) is 5.82 Å². The summed E-state index contributed by atoms with van der Waals surface area (Å²) in [5.74, 6) is 1.63. The molecule has 0 fully saturated rings. The number of ether oxygens (including phenoxy) is 3. The Labute approximate surface area is 157 Å². The first kappa shape index (κ1) is 17.2. The second-order valence-electron chi connectivity index (χ2n) is 6.62. The average molecular weight is 367 g/mol. The molecular weight excluding hydrogens is 346 g/mol. The Hall–Kier alpha value is -3.22. The minimum atomic E-state index is -0.438. The van der Waals surface area contributed by atoms with Crippen LogP contribution in [0.15, 0.2) is 36.5 Å². The molecular formula is C20H21N3O4. The lowest BCUT2D eigenvalue weighted by Gasteiger charge is -2.16. The van der Waals surface area contributed by atoms with Gasteiger partial charge in [0.1, 0.15) is 17.5 Å². The standard InChI is InChI=1S/C20H21N3O4/c1-12-5-6-13(2)23(12)19-16(10-21-22(19)4)20(24)27-14(3)15-7-8-17-18(9-15)26-11-25-17/h5-10,14H,11H2,1-4H3/t14-/m1/s1. The monoisotopic (exact) mass is 367 g/mol. The van der Waals surface area contributed by atoms with Gasteiger partial charge in [-0.2, -0.15) is 5.10 Å². The van der Waals surface area contributed by atoms with Crippen molar-refractivity contribution in [3.8, 4) is 17.3 Å². The van der Waals surface area contributed by atoms with E-state index >= 15 is 0 Å². The maximum Gasteiger partial charge on any atom is 0.344 e. The van der Waals surface area contributed by atoms with Crippen LogP contribution in [0.3, 0.4) is 0 Å². The molecule has 3 heterocycles. The van der Waals surface area contributed by atoms with Crippen molar-refractivity contribution in [3.63, 3.8) is 0 Å². The zero-order valence-electron chi connectivity index (χ0n) is 15.7. The van der Waals surface area contributed by atoms with E-state index in [0.29, 0.717) is 22.9 Å². The molecule has 0 N–H and O–H groups in total. The van der Waals surface area contributed by atoms with E-state index in [9.17, 15) is 4.79 Å². The van der Waals surface area contributed by atoms with Crippen molar-refractivity contribution in [1.82, 2.24) is 14.3 Å². The molecule has 1 atom stereocenters. The molecule has 0 radical (unpaired) electrons. The number of carbonyl (C=O) groups excluding carboxylic acids is 1. The largest absolute Gasteiger partial charge is 0.454 e. The first-order valence-electron chi connectivity index (χ1n) is 8.73. The maximum absolute atomic E-state index is 12.9. The Bertz CT molecular complexity index is 999. The molecule has 0 saturated carbocycles. The van der Waals surface area contributed by atoms with Gasteiger partial charge in [-0.05, 0) is 50.6 Å². The normalized spacial score (nSPS) is 13.6. The molecule has 1 aromatic carbocycles. The number of rotatable bonds is 4. The van der Waals surface area contributed by atoms with E-state index < -0.39 is 12.1 Å². The van der Waals surface area contributed by atoms with Crippen LogP contribution in [0.5, 0.6) is 11.5 Å². The molecule has 7 nitrogen and oxygen atoms in total. The second kappa shape index (κ2) is 6.50. The lowest BCUT2D eigenvalue weighted by atomic mass is 10.1. The van der Waals surface area contributed by atoms with Gasteiger partial charge in [0.15, 0.2) is 11.5 Å². The number of hydrogen-bond acceptors (Lipinski definition) is 5. The summed E-state index contributed by atoms with van der Waals surface area (Å²) >= 11 is 0. The number of benzene rings is 1. The van der Waals surface area contributed by atoms with Crippen LogP contribution in [0.2, 0.25) is 0 Å². The third kappa shape index (κ3) is 2.95. The fraction of sp³-hybridized carbons (Fsp3) is 0.300. The van der Waals surface area contributed by atoms with Gasteiger partial charge in [0, 0.05) is 18.4 Å². The molecule has 0 amide bonds. The molecule has 7 heteroatoms. The fourth-order valence-electron chi connectivity index (χ4n) is 3.30. The zero-order valence-corrected chi connectivity index (χ0v) is 15.7. The van der Waals surface area contributed by atoms with Crippen molar-refractivity contribution in [1.29, 1.82) is 0 Å². The van der Waals surface area contributed by atoms with Crippen LogP contribution in [0, 0.1) is 13.8 Å². The van der Waals surface area contributed by atoms with Gasteiger partial charge in [-0.15, -0.1) is 0 Å². The number of hydrogen-bond donors (Lipinski definition) is 0. The SMILES string of the molecule is Cc1ccc(C)n1-c1c(C(=O)O[C@H](C)c2ccc3c(c2)OCO3)cnn1C. The summed E-state index contributed by atoms with van der Waals surface area (Å²) in [5.41, 5.74) is 3.31. The number of carbonyl (C=O) groups is 1. The Morgan fingerprint density at radius 2 is 1.85 bits per heavy atom. The van der Waals surface area contributed by atoms with Crippen molar-refractivity contribution in [2.24, 2.45) is 7.05 Å². The highest BCUT2D eigenvalue weighted by Gasteiger charge is 2.24. The van der Waals surface area contributed by atoms with E-state index in [-0.39, 0.29) is 6.79 Å². The molecule has 27 heavy (non-hydrogen) atoms. The Balaban J connectivity index is 1.61. The van der Waals surface area contributed by atoms with E-state index in [1.54, 1.807) is 10.9 Å². The van der Waals surface area contributed by atoms with E-state index in [2.05, 4.69) is 5.10 Å². The first-order valence-corrected chi connectivity index (χ1v) is 8.73. The van der Waals surface area contributed by atoms with E-state index in [0.717, 1.165) is 17.0 Å². The van der Waals surface area contributed by atoms with Crippen molar-refractivity contribution in [3.05, 3.63) is 59.0 Å². The summed E-state index contributed by atoms with van der Waals surface area (Å²) in [7, 11) is 1.81. The lowest BCUT2D eigenvalue weighted by Crippen LogP contribution is -2.14. The van der Waals surface area contributed by atoms with Crippen LogP contribution in [-0.4, -0.2) is 27.1 Å². The zero-order chi connectivity index (χ0) is 19.1. The van der Waals surface area contributed by atoms with Crippen LogP contribution in [0.1, 0.15) is 40.3 Å². The van der Waals surface area contributed by atoms with Gasteiger partial charge in [-0.3, -0.25) is 4.68 Å². The van der Waals surface area contributed by atoms with Crippen LogP contribution in [-0.2, 0) is 11.8 Å². The van der Waals surface area contributed by atoms with E-state index in [4.69, 9.17) is 14.2 Å². The lowest BCUT2D eigenvalue weighted by molar-refractivity contribution is 0.0337. The molecule has 140 valence electrons. The van der Waals surface area contributed by atoms with Gasteiger partial charge >= 0.3 is 5.97 Å². The van der Waals surface area contributed by atoms with Crippen LogP contribution in [0.4, 0.5) is 0 Å². The van der Waals surface area contributed by atoms with Crippen LogP contribution >= 0.6 is 0 Å². The van der Waals surface area contributed by atoms with E-state index in [1.807, 2.05) is 62.7 Å². The highest BCUT2D eigenvalue weighted by Crippen LogP contribution is 2.35. The highest BCUT2D eigenvalue weighted by molar-refractivity contribution is 5.93. The highest BCUT2D eigenvalue weighted by atomic mass is 16.7.